The molecule has 1 aromatic heterocycles. The number of benzene rings is 1. The molecular weight excluding hydrogens is 216 g/mol. The Morgan fingerprint density at radius 3 is 2.94 bits per heavy atom. The fraction of sp³-hybridized carbons (Fsp3) is 0.231. The van der Waals surface area contributed by atoms with Crippen LogP contribution in [0.3, 0.4) is 0 Å². The summed E-state index contributed by atoms with van der Waals surface area (Å²) in [5.41, 5.74) is 3.45. The zero-order valence-corrected chi connectivity index (χ0v) is 9.92. The Bertz CT molecular complexity index is 523. The SMILES string of the molecule is Cc1ccccc1-c1nc(CCC#N)cs1. The molecule has 3 heteroatoms. The quantitative estimate of drug-likeness (QED) is 0.805. The Morgan fingerprint density at radius 1 is 1.38 bits per heavy atom. The minimum Gasteiger partial charge on any atom is -0.241 e. The number of hydrogen-bond donors (Lipinski definition) is 0. The molecule has 1 aromatic carbocycles. The molecule has 0 aliphatic heterocycles. The molecule has 0 fully saturated rings. The molecule has 0 saturated heterocycles. The fourth-order valence-corrected chi connectivity index (χ4v) is 2.49. The van der Waals surface area contributed by atoms with E-state index in [-0.39, 0.29) is 0 Å². The van der Waals surface area contributed by atoms with Crippen LogP contribution in [0.25, 0.3) is 10.6 Å². The second-order valence-electron chi connectivity index (χ2n) is 3.62. The number of aromatic nitrogens is 1. The normalized spacial score (nSPS) is 10.0. The third kappa shape index (κ3) is 2.29. The van der Waals surface area contributed by atoms with Crippen molar-refractivity contribution in [3.05, 3.63) is 40.9 Å². The molecule has 0 radical (unpaired) electrons. The summed E-state index contributed by atoms with van der Waals surface area (Å²) >= 11 is 1.65. The van der Waals surface area contributed by atoms with Crippen molar-refractivity contribution in [2.75, 3.05) is 0 Å². The highest BCUT2D eigenvalue weighted by molar-refractivity contribution is 7.13. The van der Waals surface area contributed by atoms with E-state index in [0.29, 0.717) is 6.42 Å². The van der Waals surface area contributed by atoms with Crippen LogP contribution in [0.2, 0.25) is 0 Å². The molecule has 16 heavy (non-hydrogen) atoms. The minimum atomic E-state index is 0.539. The maximum atomic E-state index is 8.52. The molecule has 2 rings (SSSR count). The van der Waals surface area contributed by atoms with Crippen molar-refractivity contribution in [2.24, 2.45) is 0 Å². The summed E-state index contributed by atoms with van der Waals surface area (Å²) in [5.74, 6) is 0. The third-order valence-corrected chi connectivity index (χ3v) is 3.34. The van der Waals surface area contributed by atoms with Crippen LogP contribution in [0.5, 0.6) is 0 Å². The second-order valence-corrected chi connectivity index (χ2v) is 4.48. The average molecular weight is 228 g/mol. The Balaban J connectivity index is 2.26. The van der Waals surface area contributed by atoms with Crippen LogP contribution in [-0.2, 0) is 6.42 Å². The Labute approximate surface area is 99.2 Å². The first-order valence-corrected chi connectivity index (χ1v) is 6.06. The molecule has 2 aromatic rings. The number of thiazole rings is 1. The summed E-state index contributed by atoms with van der Waals surface area (Å²) in [5, 5.41) is 11.6. The van der Waals surface area contributed by atoms with E-state index in [0.717, 1.165) is 17.1 Å². The van der Waals surface area contributed by atoms with E-state index in [1.807, 2.05) is 17.5 Å². The zero-order valence-electron chi connectivity index (χ0n) is 9.10. The van der Waals surface area contributed by atoms with Gasteiger partial charge in [-0.15, -0.1) is 11.3 Å². The number of nitriles is 1. The maximum absolute atomic E-state index is 8.52. The van der Waals surface area contributed by atoms with E-state index in [1.54, 1.807) is 11.3 Å². The average Bonchev–Trinajstić information content (AvgIpc) is 2.75. The van der Waals surface area contributed by atoms with Gasteiger partial charge in [-0.3, -0.25) is 0 Å². The number of nitrogens with zero attached hydrogens (tertiary/aromatic N) is 2. The van der Waals surface area contributed by atoms with Gasteiger partial charge >= 0.3 is 0 Å². The number of aryl methyl sites for hydroxylation is 2. The summed E-state index contributed by atoms with van der Waals surface area (Å²) < 4.78 is 0. The van der Waals surface area contributed by atoms with Gasteiger partial charge in [0.15, 0.2) is 0 Å². The van der Waals surface area contributed by atoms with Gasteiger partial charge in [0.25, 0.3) is 0 Å². The van der Waals surface area contributed by atoms with Crippen LogP contribution in [0.15, 0.2) is 29.6 Å². The lowest BCUT2D eigenvalue weighted by atomic mass is 10.1. The van der Waals surface area contributed by atoms with E-state index >= 15 is 0 Å². The van der Waals surface area contributed by atoms with Gasteiger partial charge in [0, 0.05) is 23.8 Å². The minimum absolute atomic E-state index is 0.539. The van der Waals surface area contributed by atoms with Gasteiger partial charge in [0.05, 0.1) is 11.8 Å². The molecule has 0 aliphatic rings. The fourth-order valence-electron chi connectivity index (χ4n) is 1.54. The van der Waals surface area contributed by atoms with Crippen LogP contribution < -0.4 is 0 Å². The molecular formula is C13H12N2S. The van der Waals surface area contributed by atoms with Gasteiger partial charge < -0.3 is 0 Å². The summed E-state index contributed by atoms with van der Waals surface area (Å²) in [6, 6.07) is 10.4. The standard InChI is InChI=1S/C13H12N2S/c1-10-5-2-3-7-12(10)13-15-11(9-16-13)6-4-8-14/h2-3,5,7,9H,4,6H2,1H3. The summed E-state index contributed by atoms with van der Waals surface area (Å²) in [6.07, 6.45) is 1.29. The van der Waals surface area contributed by atoms with Gasteiger partial charge in [-0.05, 0) is 12.5 Å². The highest BCUT2D eigenvalue weighted by Gasteiger charge is 2.06. The van der Waals surface area contributed by atoms with Crippen LogP contribution in [-0.4, -0.2) is 4.98 Å². The van der Waals surface area contributed by atoms with Crippen molar-refractivity contribution in [3.8, 4) is 16.6 Å². The highest BCUT2D eigenvalue weighted by Crippen LogP contribution is 2.26. The van der Waals surface area contributed by atoms with Crippen LogP contribution >= 0.6 is 11.3 Å². The van der Waals surface area contributed by atoms with E-state index in [9.17, 15) is 0 Å². The van der Waals surface area contributed by atoms with E-state index in [1.165, 1.54) is 11.1 Å². The zero-order chi connectivity index (χ0) is 11.4. The predicted molar refractivity (Wildman–Crippen MR) is 66.2 cm³/mol. The van der Waals surface area contributed by atoms with Gasteiger partial charge in [-0.1, -0.05) is 24.3 Å². The maximum Gasteiger partial charge on any atom is 0.123 e. The van der Waals surface area contributed by atoms with Crippen molar-refractivity contribution < 1.29 is 0 Å². The molecule has 0 aliphatic carbocycles. The van der Waals surface area contributed by atoms with Crippen LogP contribution in [0.1, 0.15) is 17.7 Å². The molecule has 80 valence electrons. The molecule has 0 unspecified atom stereocenters. The molecule has 0 N–H and O–H groups in total. The molecule has 0 spiro atoms. The van der Waals surface area contributed by atoms with Gasteiger partial charge in [-0.2, -0.15) is 5.26 Å². The first-order chi connectivity index (χ1) is 7.81. The smallest absolute Gasteiger partial charge is 0.123 e. The molecule has 1 heterocycles. The number of rotatable bonds is 3. The molecule has 0 amide bonds. The van der Waals surface area contributed by atoms with Crippen molar-refractivity contribution in [1.82, 2.24) is 4.98 Å². The van der Waals surface area contributed by atoms with Crippen LogP contribution in [0, 0.1) is 18.3 Å². The molecule has 0 saturated carbocycles. The third-order valence-electron chi connectivity index (χ3n) is 2.42. The van der Waals surface area contributed by atoms with Crippen molar-refractivity contribution in [3.63, 3.8) is 0 Å². The summed E-state index contributed by atoms with van der Waals surface area (Å²) in [4.78, 5) is 4.55. The van der Waals surface area contributed by atoms with Gasteiger partial charge in [0.1, 0.15) is 5.01 Å². The van der Waals surface area contributed by atoms with Gasteiger partial charge in [0.2, 0.25) is 0 Å². The van der Waals surface area contributed by atoms with Crippen molar-refractivity contribution in [2.45, 2.75) is 19.8 Å². The first kappa shape index (κ1) is 10.8. The number of hydrogen-bond acceptors (Lipinski definition) is 3. The van der Waals surface area contributed by atoms with E-state index in [2.05, 4.69) is 30.1 Å². The van der Waals surface area contributed by atoms with Crippen LogP contribution in [0.4, 0.5) is 0 Å². The molecule has 0 atom stereocenters. The van der Waals surface area contributed by atoms with Crippen molar-refractivity contribution >= 4 is 11.3 Å². The Kier molecular flexibility index (Phi) is 3.33. The van der Waals surface area contributed by atoms with E-state index < -0.39 is 0 Å². The monoisotopic (exact) mass is 228 g/mol. The largest absolute Gasteiger partial charge is 0.241 e. The first-order valence-electron chi connectivity index (χ1n) is 5.18. The summed E-state index contributed by atoms with van der Waals surface area (Å²) in [7, 11) is 0. The van der Waals surface area contributed by atoms with Crippen molar-refractivity contribution in [1.29, 1.82) is 5.26 Å². The predicted octanol–water partition coefficient (Wildman–Crippen LogP) is 3.57. The topological polar surface area (TPSA) is 36.7 Å². The molecule has 0 bridgehead atoms. The molecule has 2 nitrogen and oxygen atoms in total. The van der Waals surface area contributed by atoms with Gasteiger partial charge in [-0.25, -0.2) is 4.98 Å². The highest BCUT2D eigenvalue weighted by atomic mass is 32.1. The lowest BCUT2D eigenvalue weighted by Gasteiger charge is -2.00. The van der Waals surface area contributed by atoms with E-state index in [4.69, 9.17) is 5.26 Å². The lowest BCUT2D eigenvalue weighted by molar-refractivity contribution is 0.969. The second kappa shape index (κ2) is 4.91. The Hall–Kier alpha value is -1.66. The lowest BCUT2D eigenvalue weighted by Crippen LogP contribution is -1.85. The Morgan fingerprint density at radius 2 is 2.19 bits per heavy atom. The summed E-state index contributed by atoms with van der Waals surface area (Å²) in [6.45, 7) is 2.09.